The predicted octanol–water partition coefficient (Wildman–Crippen LogP) is 3.79. The van der Waals surface area contributed by atoms with E-state index in [2.05, 4.69) is 26.6 Å². The Labute approximate surface area is 136 Å². The Hall–Kier alpha value is -1.92. The summed E-state index contributed by atoms with van der Waals surface area (Å²) in [6.45, 7) is 1.47. The van der Waals surface area contributed by atoms with Crippen molar-refractivity contribution in [3.8, 4) is 0 Å². The molecule has 2 rings (SSSR count). The number of hydrogen-bond acceptors (Lipinski definition) is 3. The molecule has 0 unspecified atom stereocenters. The zero-order valence-electron chi connectivity index (χ0n) is 11.3. The number of thiocarbonyl (C=S) groups is 1. The molecule has 0 spiro atoms. The van der Waals surface area contributed by atoms with E-state index in [-0.39, 0.29) is 5.91 Å². The number of nitrogens with two attached hydrogens (primary N) is 1. The first-order chi connectivity index (χ1) is 9.95. The molecule has 0 saturated carbocycles. The number of halogens is 1. The van der Waals surface area contributed by atoms with Gasteiger partial charge in [-0.1, -0.05) is 28.1 Å². The van der Waals surface area contributed by atoms with E-state index in [0.717, 1.165) is 27.1 Å². The summed E-state index contributed by atoms with van der Waals surface area (Å²) in [4.78, 5) is 11.3. The highest BCUT2D eigenvalue weighted by molar-refractivity contribution is 9.10. The number of carbonyl (C=O) groups excluding carboxylic acids is 1. The van der Waals surface area contributed by atoms with E-state index in [1.165, 1.54) is 6.92 Å². The van der Waals surface area contributed by atoms with Crippen LogP contribution in [0.1, 0.15) is 12.5 Å². The van der Waals surface area contributed by atoms with Crippen molar-refractivity contribution in [3.63, 3.8) is 0 Å². The molecule has 0 atom stereocenters. The normalized spacial score (nSPS) is 10.0. The molecule has 0 aliphatic heterocycles. The molecule has 0 radical (unpaired) electrons. The van der Waals surface area contributed by atoms with Crippen molar-refractivity contribution in [1.82, 2.24) is 0 Å². The van der Waals surface area contributed by atoms with Crippen LogP contribution < -0.4 is 16.4 Å². The third-order valence-electron chi connectivity index (χ3n) is 2.73. The number of rotatable bonds is 4. The summed E-state index contributed by atoms with van der Waals surface area (Å²) in [6, 6.07) is 13.1. The third kappa shape index (κ3) is 4.27. The maximum absolute atomic E-state index is 11.0. The van der Waals surface area contributed by atoms with Gasteiger partial charge < -0.3 is 16.4 Å². The Balaban J connectivity index is 2.22. The van der Waals surface area contributed by atoms with Crippen molar-refractivity contribution in [2.24, 2.45) is 5.73 Å². The molecule has 4 nitrogen and oxygen atoms in total. The highest BCUT2D eigenvalue weighted by atomic mass is 79.9. The van der Waals surface area contributed by atoms with Gasteiger partial charge in [-0.15, -0.1) is 0 Å². The van der Waals surface area contributed by atoms with Crippen LogP contribution in [-0.2, 0) is 4.79 Å². The van der Waals surface area contributed by atoms with Gasteiger partial charge in [0.15, 0.2) is 0 Å². The molecule has 21 heavy (non-hydrogen) atoms. The molecular weight excluding hydrogens is 350 g/mol. The number of amides is 1. The molecule has 0 heterocycles. The highest BCUT2D eigenvalue weighted by Crippen LogP contribution is 2.25. The summed E-state index contributed by atoms with van der Waals surface area (Å²) in [7, 11) is 0. The van der Waals surface area contributed by atoms with E-state index in [9.17, 15) is 4.79 Å². The van der Waals surface area contributed by atoms with Crippen LogP contribution in [0.3, 0.4) is 0 Å². The maximum Gasteiger partial charge on any atom is 0.221 e. The Morgan fingerprint density at radius 2 is 1.76 bits per heavy atom. The van der Waals surface area contributed by atoms with E-state index in [1.807, 2.05) is 42.5 Å². The molecule has 0 aromatic heterocycles. The summed E-state index contributed by atoms with van der Waals surface area (Å²) < 4.78 is 0.914. The van der Waals surface area contributed by atoms with Gasteiger partial charge >= 0.3 is 0 Å². The van der Waals surface area contributed by atoms with Crippen molar-refractivity contribution < 1.29 is 4.79 Å². The number of nitrogens with one attached hydrogen (secondary N) is 2. The number of carbonyl (C=O) groups is 1. The molecule has 2 aromatic rings. The minimum Gasteiger partial charge on any atom is -0.389 e. The Morgan fingerprint density at radius 1 is 1.14 bits per heavy atom. The molecular formula is C15H14BrN3OS. The van der Waals surface area contributed by atoms with Crippen LogP contribution in [0.15, 0.2) is 46.9 Å². The third-order valence-corrected chi connectivity index (χ3v) is 3.44. The van der Waals surface area contributed by atoms with Crippen molar-refractivity contribution in [2.45, 2.75) is 6.92 Å². The second-order valence-electron chi connectivity index (χ2n) is 4.44. The van der Waals surface area contributed by atoms with Crippen molar-refractivity contribution in [3.05, 3.63) is 52.5 Å². The number of hydrogen-bond donors (Lipinski definition) is 3. The summed E-state index contributed by atoms with van der Waals surface area (Å²) in [5.74, 6) is -0.0978. The summed E-state index contributed by atoms with van der Waals surface area (Å²) in [5, 5.41) is 5.98. The van der Waals surface area contributed by atoms with Crippen molar-refractivity contribution in [2.75, 3.05) is 10.6 Å². The predicted molar refractivity (Wildman–Crippen MR) is 94.1 cm³/mol. The second kappa shape index (κ2) is 6.69. The Bertz CT molecular complexity index is 686. The molecule has 6 heteroatoms. The quantitative estimate of drug-likeness (QED) is 0.723. The van der Waals surface area contributed by atoms with E-state index < -0.39 is 0 Å². The monoisotopic (exact) mass is 363 g/mol. The maximum atomic E-state index is 11.0. The number of benzene rings is 2. The minimum absolute atomic E-state index is 0.0978. The topological polar surface area (TPSA) is 67.2 Å². The van der Waals surface area contributed by atoms with Gasteiger partial charge in [-0.3, -0.25) is 4.79 Å². The molecule has 0 aliphatic rings. The van der Waals surface area contributed by atoms with Gasteiger partial charge in [0.2, 0.25) is 5.91 Å². The van der Waals surface area contributed by atoms with E-state index >= 15 is 0 Å². The van der Waals surface area contributed by atoms with E-state index in [0.29, 0.717) is 4.99 Å². The lowest BCUT2D eigenvalue weighted by atomic mass is 10.1. The van der Waals surface area contributed by atoms with Gasteiger partial charge in [-0.05, 0) is 42.5 Å². The smallest absolute Gasteiger partial charge is 0.221 e. The largest absolute Gasteiger partial charge is 0.389 e. The minimum atomic E-state index is -0.0978. The molecule has 1 amide bonds. The van der Waals surface area contributed by atoms with Crippen LogP contribution in [0.2, 0.25) is 0 Å². The van der Waals surface area contributed by atoms with Crippen LogP contribution in [0.25, 0.3) is 0 Å². The van der Waals surface area contributed by atoms with Crippen LogP contribution in [0, 0.1) is 0 Å². The van der Waals surface area contributed by atoms with Crippen LogP contribution >= 0.6 is 28.1 Å². The highest BCUT2D eigenvalue weighted by Gasteiger charge is 2.06. The lowest BCUT2D eigenvalue weighted by molar-refractivity contribution is -0.114. The average Bonchev–Trinajstić information content (AvgIpc) is 2.42. The summed E-state index contributed by atoms with van der Waals surface area (Å²) in [6.07, 6.45) is 0. The molecule has 0 saturated heterocycles. The fourth-order valence-electron chi connectivity index (χ4n) is 1.82. The Kier molecular flexibility index (Phi) is 4.93. The first kappa shape index (κ1) is 15.5. The van der Waals surface area contributed by atoms with Crippen LogP contribution in [0.4, 0.5) is 17.1 Å². The lowest BCUT2D eigenvalue weighted by Gasteiger charge is -2.12. The first-order valence-electron chi connectivity index (χ1n) is 6.20. The second-order valence-corrected chi connectivity index (χ2v) is 5.79. The zero-order valence-corrected chi connectivity index (χ0v) is 13.7. The lowest BCUT2D eigenvalue weighted by Crippen LogP contribution is -2.12. The molecule has 0 aliphatic carbocycles. The van der Waals surface area contributed by atoms with Crippen LogP contribution in [-0.4, -0.2) is 10.9 Å². The number of anilines is 3. The van der Waals surface area contributed by atoms with Gasteiger partial charge in [-0.25, -0.2) is 0 Å². The van der Waals surface area contributed by atoms with E-state index in [4.69, 9.17) is 18.0 Å². The standard InChI is InChI=1S/C15H14BrN3OS/c1-9(20)18-11-3-5-12(6-4-11)19-14-7-2-10(16)8-13(14)15(17)21/h2-8,19H,1H3,(H2,17,21)(H,18,20). The molecule has 0 fully saturated rings. The fraction of sp³-hybridized carbons (Fsp3) is 0.0667. The molecule has 2 aromatic carbocycles. The van der Waals surface area contributed by atoms with Gasteiger partial charge in [-0.2, -0.15) is 0 Å². The average molecular weight is 364 g/mol. The van der Waals surface area contributed by atoms with Crippen molar-refractivity contribution >= 4 is 56.1 Å². The van der Waals surface area contributed by atoms with Crippen LogP contribution in [0.5, 0.6) is 0 Å². The fourth-order valence-corrected chi connectivity index (χ4v) is 2.35. The molecule has 4 N–H and O–H groups in total. The summed E-state index contributed by atoms with van der Waals surface area (Å²) >= 11 is 8.46. The summed E-state index contributed by atoms with van der Waals surface area (Å²) in [5.41, 5.74) is 8.97. The first-order valence-corrected chi connectivity index (χ1v) is 7.40. The van der Waals surface area contributed by atoms with Crippen molar-refractivity contribution in [1.29, 1.82) is 0 Å². The van der Waals surface area contributed by atoms with Gasteiger partial charge in [0.1, 0.15) is 4.99 Å². The van der Waals surface area contributed by atoms with Gasteiger partial charge in [0.25, 0.3) is 0 Å². The molecule has 0 bridgehead atoms. The van der Waals surface area contributed by atoms with E-state index in [1.54, 1.807) is 0 Å². The SMILES string of the molecule is CC(=O)Nc1ccc(Nc2ccc(Br)cc2C(N)=S)cc1. The molecule has 108 valence electrons. The van der Waals surface area contributed by atoms with Gasteiger partial charge in [0, 0.05) is 34.0 Å². The Morgan fingerprint density at radius 3 is 2.33 bits per heavy atom. The zero-order chi connectivity index (χ0) is 15.4. The van der Waals surface area contributed by atoms with Gasteiger partial charge in [0.05, 0.1) is 0 Å².